The molecule has 0 saturated heterocycles. The van der Waals surface area contributed by atoms with Crippen LogP contribution in [0.5, 0.6) is 0 Å². The van der Waals surface area contributed by atoms with Gasteiger partial charge in [-0.2, -0.15) is 0 Å². The average molecular weight is 314 g/mol. The Bertz CT molecular complexity index is 352. The highest BCUT2D eigenvalue weighted by molar-refractivity contribution is 5.69. The Morgan fingerprint density at radius 3 is 2.36 bits per heavy atom. The molecule has 0 spiro atoms. The molecular weight excluding hydrogens is 280 g/mol. The molecule has 2 fully saturated rings. The van der Waals surface area contributed by atoms with Crippen LogP contribution >= 0.6 is 0 Å². The number of hydrogen-bond donors (Lipinski definition) is 2. The molecular formula is C18H34O4. The van der Waals surface area contributed by atoms with Crippen LogP contribution in [0.3, 0.4) is 0 Å². The molecule has 5 atom stereocenters. The highest BCUT2D eigenvalue weighted by atomic mass is 16.5. The third-order valence-electron chi connectivity index (χ3n) is 5.07. The van der Waals surface area contributed by atoms with Crippen molar-refractivity contribution in [3.63, 3.8) is 0 Å². The summed E-state index contributed by atoms with van der Waals surface area (Å²) in [6.07, 6.45) is 3.75. The fraction of sp³-hybridized carbons (Fsp3) is 0.944. The molecule has 4 heteroatoms. The maximum atomic E-state index is 11.5. The maximum Gasteiger partial charge on any atom is 0.305 e. The van der Waals surface area contributed by atoms with Crippen molar-refractivity contribution < 1.29 is 19.7 Å². The van der Waals surface area contributed by atoms with E-state index in [-0.39, 0.29) is 23.2 Å². The molecule has 0 radical (unpaired) electrons. The molecule has 4 nitrogen and oxygen atoms in total. The third kappa shape index (κ3) is 4.95. The SMILES string of the molecule is CC(C)C.COC(=O)CC1CCC[C@]2(C)CC[C@@H](O)C(O)C12. The molecule has 2 rings (SSSR count). The van der Waals surface area contributed by atoms with Crippen LogP contribution in [0.25, 0.3) is 0 Å². The van der Waals surface area contributed by atoms with E-state index < -0.39 is 12.2 Å². The van der Waals surface area contributed by atoms with Gasteiger partial charge in [0.1, 0.15) is 0 Å². The summed E-state index contributed by atoms with van der Waals surface area (Å²) in [5.74, 6) is 0.784. The van der Waals surface area contributed by atoms with E-state index >= 15 is 0 Å². The predicted octanol–water partition coefficient (Wildman–Crippen LogP) is 3.15. The lowest BCUT2D eigenvalue weighted by Crippen LogP contribution is -2.53. The van der Waals surface area contributed by atoms with Crippen molar-refractivity contribution in [2.24, 2.45) is 23.2 Å². The summed E-state index contributed by atoms with van der Waals surface area (Å²) in [4.78, 5) is 11.5. The highest BCUT2D eigenvalue weighted by Gasteiger charge is 2.50. The highest BCUT2D eigenvalue weighted by Crippen LogP contribution is 2.53. The van der Waals surface area contributed by atoms with Crippen molar-refractivity contribution in [3.8, 4) is 0 Å². The van der Waals surface area contributed by atoms with E-state index in [0.717, 1.165) is 31.6 Å². The number of fused-ring (bicyclic) bond motifs is 1. The topological polar surface area (TPSA) is 66.8 Å². The third-order valence-corrected chi connectivity index (χ3v) is 5.07. The molecule has 0 bridgehead atoms. The Hall–Kier alpha value is -0.610. The van der Waals surface area contributed by atoms with Crippen molar-refractivity contribution in [1.29, 1.82) is 0 Å². The van der Waals surface area contributed by atoms with Gasteiger partial charge in [0.15, 0.2) is 0 Å². The maximum absolute atomic E-state index is 11.5. The number of esters is 1. The molecule has 0 amide bonds. The van der Waals surface area contributed by atoms with Crippen molar-refractivity contribution >= 4 is 5.97 Å². The monoisotopic (exact) mass is 314 g/mol. The first-order valence-corrected chi connectivity index (χ1v) is 8.64. The van der Waals surface area contributed by atoms with E-state index in [1.54, 1.807) is 0 Å². The van der Waals surface area contributed by atoms with Crippen LogP contribution in [0.1, 0.15) is 66.2 Å². The lowest BCUT2D eigenvalue weighted by molar-refractivity contribution is -0.154. The number of aliphatic hydroxyl groups is 2. The first-order chi connectivity index (χ1) is 10.2. The Labute approximate surface area is 135 Å². The van der Waals surface area contributed by atoms with Gasteiger partial charge in [0, 0.05) is 6.42 Å². The first-order valence-electron chi connectivity index (χ1n) is 8.64. The fourth-order valence-corrected chi connectivity index (χ4v) is 4.08. The zero-order valence-corrected chi connectivity index (χ0v) is 14.8. The van der Waals surface area contributed by atoms with Crippen molar-refractivity contribution in [2.75, 3.05) is 7.11 Å². The van der Waals surface area contributed by atoms with Crippen LogP contribution in [0.4, 0.5) is 0 Å². The van der Waals surface area contributed by atoms with Gasteiger partial charge in [-0.3, -0.25) is 4.79 Å². The van der Waals surface area contributed by atoms with Gasteiger partial charge in [0.2, 0.25) is 0 Å². The minimum atomic E-state index is -0.696. The standard InChI is InChI=1S/C14H24O4.C4H10/c1-14-6-3-4-9(8-11(16)18-2)12(14)13(17)10(15)5-7-14;1-4(2)3/h9-10,12-13,15,17H,3-8H2,1-2H3;4H,1-3H3/t9?,10-,12?,13?,14-;/m1./s1. The Morgan fingerprint density at radius 1 is 1.23 bits per heavy atom. The van der Waals surface area contributed by atoms with E-state index in [4.69, 9.17) is 4.74 Å². The smallest absolute Gasteiger partial charge is 0.305 e. The molecule has 3 unspecified atom stereocenters. The van der Waals surface area contributed by atoms with Gasteiger partial charge in [0.25, 0.3) is 0 Å². The number of carbonyl (C=O) groups excluding carboxylic acids is 1. The minimum absolute atomic E-state index is 0.0223. The van der Waals surface area contributed by atoms with Gasteiger partial charge in [0.05, 0.1) is 19.3 Å². The van der Waals surface area contributed by atoms with Gasteiger partial charge in [-0.1, -0.05) is 34.1 Å². The van der Waals surface area contributed by atoms with Gasteiger partial charge in [-0.05, 0) is 48.9 Å². The number of methoxy groups -OCH3 is 1. The number of ether oxygens (including phenoxy) is 1. The molecule has 22 heavy (non-hydrogen) atoms. The summed E-state index contributed by atoms with van der Waals surface area (Å²) in [6.45, 7) is 8.69. The second-order valence-corrected chi connectivity index (χ2v) is 7.94. The zero-order chi connectivity index (χ0) is 16.9. The normalized spacial score (nSPS) is 37.8. The molecule has 0 aliphatic heterocycles. The molecule has 2 N–H and O–H groups in total. The molecule has 2 aliphatic rings. The fourth-order valence-electron chi connectivity index (χ4n) is 4.08. The van der Waals surface area contributed by atoms with Crippen molar-refractivity contribution in [1.82, 2.24) is 0 Å². The predicted molar refractivity (Wildman–Crippen MR) is 87.3 cm³/mol. The Balaban J connectivity index is 0.000000541. The first kappa shape index (κ1) is 19.4. The molecule has 0 heterocycles. The van der Waals surface area contributed by atoms with Gasteiger partial charge in [-0.15, -0.1) is 0 Å². The van der Waals surface area contributed by atoms with Crippen LogP contribution in [-0.2, 0) is 9.53 Å². The lowest BCUT2D eigenvalue weighted by atomic mass is 9.54. The van der Waals surface area contributed by atoms with Crippen LogP contribution in [0.2, 0.25) is 0 Å². The van der Waals surface area contributed by atoms with Crippen LogP contribution in [-0.4, -0.2) is 35.5 Å². The summed E-state index contributed by atoms with van der Waals surface area (Å²) in [6, 6.07) is 0. The molecule has 0 aromatic carbocycles. The van der Waals surface area contributed by atoms with Crippen LogP contribution in [0, 0.1) is 23.2 Å². The van der Waals surface area contributed by atoms with Crippen LogP contribution < -0.4 is 0 Å². The Kier molecular flexibility index (Phi) is 7.33. The number of rotatable bonds is 2. The Morgan fingerprint density at radius 2 is 1.82 bits per heavy atom. The van der Waals surface area contributed by atoms with Gasteiger partial charge in [-0.25, -0.2) is 0 Å². The van der Waals surface area contributed by atoms with E-state index in [1.807, 2.05) is 0 Å². The average Bonchev–Trinajstić information content (AvgIpc) is 2.42. The molecule has 2 aliphatic carbocycles. The van der Waals surface area contributed by atoms with Gasteiger partial charge < -0.3 is 14.9 Å². The molecule has 0 aromatic heterocycles. The van der Waals surface area contributed by atoms with Crippen molar-refractivity contribution in [3.05, 3.63) is 0 Å². The summed E-state index contributed by atoms with van der Waals surface area (Å²) in [5.41, 5.74) is 0.0651. The number of hydrogen-bond acceptors (Lipinski definition) is 4. The van der Waals surface area contributed by atoms with E-state index in [1.165, 1.54) is 7.11 Å². The van der Waals surface area contributed by atoms with E-state index in [0.29, 0.717) is 12.8 Å². The summed E-state index contributed by atoms with van der Waals surface area (Å²) in [7, 11) is 1.40. The summed E-state index contributed by atoms with van der Waals surface area (Å²) >= 11 is 0. The van der Waals surface area contributed by atoms with E-state index in [9.17, 15) is 15.0 Å². The number of carbonyl (C=O) groups is 1. The summed E-state index contributed by atoms with van der Waals surface area (Å²) < 4.78 is 4.74. The largest absolute Gasteiger partial charge is 0.469 e. The molecule has 0 aromatic rings. The second-order valence-electron chi connectivity index (χ2n) is 7.94. The van der Waals surface area contributed by atoms with Crippen LogP contribution in [0.15, 0.2) is 0 Å². The molecule has 130 valence electrons. The second kappa shape index (κ2) is 8.30. The van der Waals surface area contributed by atoms with Crippen molar-refractivity contribution in [2.45, 2.75) is 78.4 Å². The number of aliphatic hydroxyl groups excluding tert-OH is 2. The zero-order valence-electron chi connectivity index (χ0n) is 14.8. The lowest BCUT2D eigenvalue weighted by Gasteiger charge is -2.52. The molecule has 2 saturated carbocycles. The quantitative estimate of drug-likeness (QED) is 0.768. The van der Waals surface area contributed by atoms with Gasteiger partial charge >= 0.3 is 5.97 Å². The van der Waals surface area contributed by atoms with E-state index in [2.05, 4.69) is 27.7 Å². The minimum Gasteiger partial charge on any atom is -0.469 e. The summed E-state index contributed by atoms with van der Waals surface area (Å²) in [5, 5.41) is 20.2.